The maximum Gasteiger partial charge on any atom is 0.325 e. The van der Waals surface area contributed by atoms with E-state index in [1.54, 1.807) is 51.6 Å². The fourth-order valence-corrected chi connectivity index (χ4v) is 11.1. The summed E-state index contributed by atoms with van der Waals surface area (Å²) in [5.74, 6) is -3.69. The molecule has 65 heavy (non-hydrogen) atoms. The molecule has 14 nitrogen and oxygen atoms in total. The number of ether oxygens (including phenoxy) is 5. The summed E-state index contributed by atoms with van der Waals surface area (Å²) in [4.78, 5) is 28.7. The van der Waals surface area contributed by atoms with Crippen molar-refractivity contribution in [1.82, 2.24) is 20.2 Å². The van der Waals surface area contributed by atoms with Gasteiger partial charge in [0.2, 0.25) is 0 Å². The molecule has 8 rings (SSSR count). The third kappa shape index (κ3) is 8.49. The number of hydrogen-bond acceptors (Lipinski definition) is 11. The highest BCUT2D eigenvalue weighted by atomic mass is 31.2. The normalized spacial score (nSPS) is 26.2. The summed E-state index contributed by atoms with van der Waals surface area (Å²) in [6.07, 6.45) is -1.74. The molecule has 0 aromatic heterocycles. The smallest absolute Gasteiger partial charge is 0.325 e. The number of urea groups is 1. The van der Waals surface area contributed by atoms with Crippen LogP contribution in [0.2, 0.25) is 0 Å². The first-order chi connectivity index (χ1) is 31.2. The first kappa shape index (κ1) is 46.1. The minimum Gasteiger partial charge on any atom is -0.497 e. The number of methoxy groups -OCH3 is 2. The maximum absolute atomic E-state index is 18.1. The molecule has 2 unspecified atom stereocenters. The topological polar surface area (TPSA) is 156 Å². The number of benzene rings is 4. The number of carbonyl (C=O) groups is 2. The number of nitrogens with zero attached hydrogens (tertiary/aromatic N) is 3. The van der Waals surface area contributed by atoms with Crippen LogP contribution in [0.15, 0.2) is 121 Å². The van der Waals surface area contributed by atoms with Gasteiger partial charge in [-0.25, -0.2) is 13.9 Å². The number of nitrogens with one attached hydrogen (secondary N) is 2. The van der Waals surface area contributed by atoms with Crippen LogP contribution in [0.4, 0.5) is 9.18 Å². The van der Waals surface area contributed by atoms with Crippen LogP contribution in [0.1, 0.15) is 80.9 Å². The van der Waals surface area contributed by atoms with E-state index in [1.165, 1.54) is 4.90 Å². The SMILES string of the molecule is COc1ccc(C(O[C@]23O[C@@]2(F)C[C@]2(OP(OCCC#N)N(C(C)C)C(C)C)C[C@H](N4C=C(C)C(NC(=O)c5ccccc5)NC4=O)O[C@@H]23)(c2ccccc2)c2ccc(OC)cc2)cc1. The number of nitriles is 1. The monoisotopic (exact) mass is 907 g/mol. The Labute approximate surface area is 380 Å². The average Bonchev–Trinajstić information content (AvgIpc) is 3.59. The Bertz CT molecular complexity index is 2350. The largest absolute Gasteiger partial charge is 0.497 e. The molecule has 7 atom stereocenters. The summed E-state index contributed by atoms with van der Waals surface area (Å²) in [7, 11) is 1.20. The van der Waals surface area contributed by atoms with E-state index in [9.17, 15) is 14.9 Å². The van der Waals surface area contributed by atoms with Gasteiger partial charge >= 0.3 is 6.03 Å². The van der Waals surface area contributed by atoms with Crippen molar-refractivity contribution in [3.8, 4) is 17.6 Å². The fourth-order valence-electron chi connectivity index (χ4n) is 9.27. The second kappa shape index (κ2) is 18.5. The molecule has 0 bridgehead atoms. The lowest BCUT2D eigenvalue weighted by Gasteiger charge is -2.42. The lowest BCUT2D eigenvalue weighted by Crippen LogP contribution is -2.57. The van der Waals surface area contributed by atoms with Crippen LogP contribution >= 0.6 is 8.53 Å². The Morgan fingerprint density at radius 3 is 2.06 bits per heavy atom. The molecular formula is C49H55FN5O9P. The second-order valence-electron chi connectivity index (χ2n) is 17.2. The molecule has 1 saturated carbocycles. The first-order valence-corrected chi connectivity index (χ1v) is 22.9. The van der Waals surface area contributed by atoms with Crippen molar-refractivity contribution >= 4 is 20.5 Å². The Balaban J connectivity index is 1.24. The van der Waals surface area contributed by atoms with Gasteiger partial charge in [0, 0.05) is 36.7 Å². The van der Waals surface area contributed by atoms with Crippen molar-refractivity contribution in [2.24, 2.45) is 0 Å². The molecule has 0 radical (unpaired) electrons. The lowest BCUT2D eigenvalue weighted by molar-refractivity contribution is -0.209. The zero-order valence-electron chi connectivity index (χ0n) is 37.5. The minimum absolute atomic E-state index is 0.00999. The van der Waals surface area contributed by atoms with Crippen LogP contribution in [0, 0.1) is 11.3 Å². The summed E-state index contributed by atoms with van der Waals surface area (Å²) >= 11 is 0. The van der Waals surface area contributed by atoms with Crippen LogP contribution < -0.4 is 20.1 Å². The zero-order valence-corrected chi connectivity index (χ0v) is 38.4. The van der Waals surface area contributed by atoms with Crippen LogP contribution in [-0.2, 0) is 28.9 Å². The molecule has 2 saturated heterocycles. The average molecular weight is 908 g/mol. The van der Waals surface area contributed by atoms with Gasteiger partial charge < -0.3 is 43.4 Å². The van der Waals surface area contributed by atoms with E-state index in [2.05, 4.69) is 21.4 Å². The number of amides is 3. The highest BCUT2D eigenvalue weighted by Gasteiger charge is 2.92. The van der Waals surface area contributed by atoms with Crippen LogP contribution in [-0.4, -0.2) is 90.2 Å². The Hall–Kier alpha value is -5.43. The molecule has 0 spiro atoms. The van der Waals surface area contributed by atoms with Crippen molar-refractivity contribution in [1.29, 1.82) is 5.26 Å². The van der Waals surface area contributed by atoms with Gasteiger partial charge in [-0.15, -0.1) is 0 Å². The van der Waals surface area contributed by atoms with E-state index in [4.69, 9.17) is 32.7 Å². The summed E-state index contributed by atoms with van der Waals surface area (Å²) < 4.78 is 65.7. The van der Waals surface area contributed by atoms with E-state index in [-0.39, 0.29) is 43.9 Å². The van der Waals surface area contributed by atoms with E-state index >= 15 is 4.39 Å². The second-order valence-corrected chi connectivity index (χ2v) is 18.5. The van der Waals surface area contributed by atoms with Crippen molar-refractivity contribution in [3.63, 3.8) is 0 Å². The summed E-state index contributed by atoms with van der Waals surface area (Å²) in [6, 6.07) is 34.4. The number of rotatable bonds is 18. The van der Waals surface area contributed by atoms with Crippen LogP contribution in [0.25, 0.3) is 0 Å². The molecule has 3 heterocycles. The number of carbonyl (C=O) groups excluding carboxylic acids is 2. The first-order valence-electron chi connectivity index (χ1n) is 21.7. The molecule has 1 aliphatic carbocycles. The van der Waals surface area contributed by atoms with Gasteiger partial charge in [0.05, 0.1) is 33.3 Å². The molecule has 3 aliphatic heterocycles. The Morgan fingerprint density at radius 2 is 1.51 bits per heavy atom. The Morgan fingerprint density at radius 1 is 0.938 bits per heavy atom. The van der Waals surface area contributed by atoms with Gasteiger partial charge in [-0.1, -0.05) is 72.8 Å². The predicted octanol–water partition coefficient (Wildman–Crippen LogP) is 8.64. The highest BCUT2D eigenvalue weighted by molar-refractivity contribution is 7.44. The maximum atomic E-state index is 18.1. The van der Waals surface area contributed by atoms with Gasteiger partial charge in [-0.2, -0.15) is 5.26 Å². The lowest BCUT2D eigenvalue weighted by atomic mass is 9.79. The third-order valence-corrected chi connectivity index (χ3v) is 14.5. The number of alkyl halides is 1. The summed E-state index contributed by atoms with van der Waals surface area (Å²) in [5.41, 5.74) is -0.0338. The van der Waals surface area contributed by atoms with Gasteiger partial charge in [0.15, 0.2) is 0 Å². The molecule has 342 valence electrons. The van der Waals surface area contributed by atoms with Crippen molar-refractivity contribution < 1.29 is 46.7 Å². The highest BCUT2D eigenvalue weighted by Crippen LogP contribution is 2.73. The summed E-state index contributed by atoms with van der Waals surface area (Å²) in [5, 5.41) is 15.3. The fraction of sp³-hybridized carbons (Fsp3) is 0.408. The zero-order chi connectivity index (χ0) is 46.1. The van der Waals surface area contributed by atoms with Crippen LogP contribution in [0.5, 0.6) is 11.5 Å². The van der Waals surface area contributed by atoms with Gasteiger partial charge in [-0.3, -0.25) is 9.69 Å². The number of halogens is 1. The number of fused-ring (bicyclic) bond motifs is 3. The van der Waals surface area contributed by atoms with E-state index < -0.39 is 55.9 Å². The molecule has 4 aromatic rings. The molecule has 3 fully saturated rings. The van der Waals surface area contributed by atoms with E-state index in [0.717, 1.165) is 0 Å². The number of epoxide rings is 1. The van der Waals surface area contributed by atoms with E-state index in [1.807, 2.05) is 113 Å². The van der Waals surface area contributed by atoms with Gasteiger partial charge in [-0.05, 0) is 93.3 Å². The summed E-state index contributed by atoms with van der Waals surface area (Å²) in [6.45, 7) is 9.92. The minimum atomic E-state index is -2.43. The van der Waals surface area contributed by atoms with Crippen molar-refractivity contribution in [3.05, 3.63) is 143 Å². The molecule has 4 aromatic carbocycles. The van der Waals surface area contributed by atoms with Gasteiger partial charge in [0.1, 0.15) is 41.2 Å². The van der Waals surface area contributed by atoms with Crippen molar-refractivity contribution in [2.45, 2.75) is 107 Å². The van der Waals surface area contributed by atoms with E-state index in [0.29, 0.717) is 39.3 Å². The number of hydrogen-bond donors (Lipinski definition) is 2. The molecular weight excluding hydrogens is 853 g/mol. The molecule has 16 heteroatoms. The standard InChI is InChI=1S/C49H55FN5O9P/c1-32(2)55(33(3)4)65(60-28-14-27-51)64-46-29-41(54-30-34(5)42(53-45(54)57)52-43(56)35-15-10-8-11-16-35)61-44(46)49(47(50,31-46)62-49)63-48(36-17-12-9-13-18-36,37-19-23-39(58-6)24-20-37)38-21-25-40(59-7)26-22-38/h8-13,15-26,30,32-33,41-42,44H,14,28-29,31H2,1-7H3,(H,52,56)(H,53,57)/t41-,42?,44+,46-,47+,49+,65?/m1/s1. The molecule has 4 aliphatic rings. The third-order valence-electron chi connectivity index (χ3n) is 12.3. The van der Waals surface area contributed by atoms with Gasteiger partial charge in [0.25, 0.3) is 26.1 Å². The molecule has 2 N–H and O–H groups in total. The van der Waals surface area contributed by atoms with Crippen LogP contribution in [0.3, 0.4) is 0 Å². The van der Waals surface area contributed by atoms with Crippen molar-refractivity contribution in [2.75, 3.05) is 20.8 Å². The molecule has 3 amide bonds. The Kier molecular flexibility index (Phi) is 13.1. The quantitative estimate of drug-likeness (QED) is 0.0427. The predicted molar refractivity (Wildman–Crippen MR) is 240 cm³/mol.